The number of aliphatic hydroxyl groups is 1. The number of halogens is 2. The fourth-order valence-electron chi connectivity index (χ4n) is 5.44. The summed E-state index contributed by atoms with van der Waals surface area (Å²) in [4.78, 5) is 19.9. The molecule has 5 rings (SSSR count). The van der Waals surface area contributed by atoms with Gasteiger partial charge in [-0.25, -0.2) is 9.37 Å². The lowest BCUT2D eigenvalue weighted by molar-refractivity contribution is -0.120. The van der Waals surface area contributed by atoms with Crippen molar-refractivity contribution >= 4 is 38.6 Å². The predicted octanol–water partition coefficient (Wildman–Crippen LogP) is 6.07. The van der Waals surface area contributed by atoms with E-state index in [4.69, 9.17) is 9.72 Å². The number of carbonyl (C=O) groups is 1. The molecule has 0 spiro atoms. The van der Waals surface area contributed by atoms with E-state index in [1.165, 1.54) is 13.2 Å². The standard InChI is InChI=1S/C26H29BrFN3O3/c1-26(33)12-10-17(11-13-26)31-21-8-6-16(27)14-20(21)29-25(31)22-4-3-5-24(32)30(22)18-7-9-23(34-2)19(28)15-18/h6-9,14-15,17,22,33H,3-5,10-13H2,1-2H3/t17?,22-,26?/m0/s1. The highest BCUT2D eigenvalue weighted by molar-refractivity contribution is 9.10. The number of ether oxygens (including phenoxy) is 1. The van der Waals surface area contributed by atoms with E-state index in [9.17, 15) is 14.3 Å². The van der Waals surface area contributed by atoms with Crippen LogP contribution in [0.15, 0.2) is 40.9 Å². The zero-order valence-electron chi connectivity index (χ0n) is 19.4. The van der Waals surface area contributed by atoms with Crippen LogP contribution in [0.2, 0.25) is 0 Å². The molecule has 34 heavy (non-hydrogen) atoms. The Hall–Kier alpha value is -2.45. The molecule has 1 aromatic heterocycles. The van der Waals surface area contributed by atoms with Gasteiger partial charge in [-0.2, -0.15) is 0 Å². The van der Waals surface area contributed by atoms with Gasteiger partial charge < -0.3 is 19.3 Å². The molecular weight excluding hydrogens is 501 g/mol. The Morgan fingerprint density at radius 3 is 2.65 bits per heavy atom. The van der Waals surface area contributed by atoms with Crippen molar-refractivity contribution in [2.45, 2.75) is 69.6 Å². The first-order chi connectivity index (χ1) is 16.3. The number of nitrogens with zero attached hydrogens (tertiary/aromatic N) is 3. The van der Waals surface area contributed by atoms with Gasteiger partial charge in [0.2, 0.25) is 5.91 Å². The van der Waals surface area contributed by atoms with Gasteiger partial charge in [0.25, 0.3) is 0 Å². The van der Waals surface area contributed by atoms with Gasteiger partial charge in [-0.05, 0) is 75.8 Å². The summed E-state index contributed by atoms with van der Waals surface area (Å²) >= 11 is 3.55. The lowest BCUT2D eigenvalue weighted by atomic mass is 9.83. The number of rotatable bonds is 4. The van der Waals surface area contributed by atoms with Crippen LogP contribution in [-0.4, -0.2) is 33.3 Å². The number of benzene rings is 2. The first-order valence-corrected chi connectivity index (χ1v) is 12.6. The number of aromatic nitrogens is 2. The van der Waals surface area contributed by atoms with Crippen LogP contribution in [0.5, 0.6) is 5.75 Å². The molecule has 1 aliphatic carbocycles. The average Bonchev–Trinajstić information content (AvgIpc) is 3.17. The van der Waals surface area contributed by atoms with Gasteiger partial charge in [-0.1, -0.05) is 15.9 Å². The Morgan fingerprint density at radius 2 is 1.94 bits per heavy atom. The van der Waals surface area contributed by atoms with Crippen molar-refractivity contribution in [1.82, 2.24) is 9.55 Å². The van der Waals surface area contributed by atoms with Crippen LogP contribution in [0, 0.1) is 5.82 Å². The number of methoxy groups -OCH3 is 1. The molecule has 3 aromatic rings. The second kappa shape index (κ2) is 8.96. The van der Waals surface area contributed by atoms with Gasteiger partial charge >= 0.3 is 0 Å². The van der Waals surface area contributed by atoms with E-state index in [1.807, 2.05) is 19.1 Å². The van der Waals surface area contributed by atoms with Gasteiger partial charge in [-0.3, -0.25) is 4.79 Å². The number of anilines is 1. The molecule has 180 valence electrons. The summed E-state index contributed by atoms with van der Waals surface area (Å²) in [7, 11) is 1.43. The lowest BCUT2D eigenvalue weighted by Gasteiger charge is -2.38. The van der Waals surface area contributed by atoms with Crippen molar-refractivity contribution in [3.63, 3.8) is 0 Å². The minimum Gasteiger partial charge on any atom is -0.494 e. The summed E-state index contributed by atoms with van der Waals surface area (Å²) < 4.78 is 22.9. The molecule has 2 aromatic carbocycles. The first kappa shape index (κ1) is 23.3. The molecule has 1 N–H and O–H groups in total. The van der Waals surface area contributed by atoms with Crippen LogP contribution >= 0.6 is 15.9 Å². The fourth-order valence-corrected chi connectivity index (χ4v) is 5.78. The Kier molecular flexibility index (Phi) is 6.14. The van der Waals surface area contributed by atoms with E-state index in [0.29, 0.717) is 24.9 Å². The van der Waals surface area contributed by atoms with Crippen molar-refractivity contribution in [3.8, 4) is 5.75 Å². The van der Waals surface area contributed by atoms with Gasteiger partial charge in [0.1, 0.15) is 5.82 Å². The maximum absolute atomic E-state index is 14.6. The topological polar surface area (TPSA) is 67.6 Å². The second-order valence-corrected chi connectivity index (χ2v) is 10.6. The van der Waals surface area contributed by atoms with Crippen LogP contribution in [0.3, 0.4) is 0 Å². The molecule has 1 aliphatic heterocycles. The molecule has 0 radical (unpaired) electrons. The Labute approximate surface area is 206 Å². The largest absolute Gasteiger partial charge is 0.494 e. The zero-order valence-corrected chi connectivity index (χ0v) is 21.0. The number of hydrogen-bond acceptors (Lipinski definition) is 4. The molecule has 1 atom stereocenters. The molecular formula is C26H29BrFN3O3. The Bertz CT molecular complexity index is 1230. The third kappa shape index (κ3) is 4.22. The predicted molar refractivity (Wildman–Crippen MR) is 133 cm³/mol. The van der Waals surface area contributed by atoms with Gasteiger partial charge in [0.05, 0.1) is 29.8 Å². The first-order valence-electron chi connectivity index (χ1n) is 11.8. The quantitative estimate of drug-likeness (QED) is 0.445. The van der Waals surface area contributed by atoms with Crippen LogP contribution < -0.4 is 9.64 Å². The molecule has 1 saturated carbocycles. The van der Waals surface area contributed by atoms with E-state index in [2.05, 4.69) is 26.6 Å². The maximum atomic E-state index is 14.6. The summed E-state index contributed by atoms with van der Waals surface area (Å²) in [6, 6.07) is 10.6. The minimum atomic E-state index is -0.649. The fraction of sp³-hybridized carbons (Fsp3) is 0.462. The third-order valence-electron chi connectivity index (χ3n) is 7.24. The van der Waals surface area contributed by atoms with Crippen LogP contribution in [0.25, 0.3) is 11.0 Å². The lowest BCUT2D eigenvalue weighted by Crippen LogP contribution is -2.40. The van der Waals surface area contributed by atoms with E-state index < -0.39 is 11.4 Å². The van der Waals surface area contributed by atoms with Gasteiger partial charge in [0, 0.05) is 28.7 Å². The molecule has 1 amide bonds. The normalized spacial score (nSPS) is 25.7. The molecule has 2 fully saturated rings. The van der Waals surface area contributed by atoms with Crippen molar-refractivity contribution in [3.05, 3.63) is 52.5 Å². The molecule has 1 saturated heterocycles. The smallest absolute Gasteiger partial charge is 0.227 e. The molecule has 2 aliphatic rings. The highest BCUT2D eigenvalue weighted by Gasteiger charge is 2.37. The Morgan fingerprint density at radius 1 is 1.18 bits per heavy atom. The van der Waals surface area contributed by atoms with Crippen LogP contribution in [0.1, 0.15) is 69.8 Å². The van der Waals surface area contributed by atoms with E-state index in [0.717, 1.165) is 47.0 Å². The highest BCUT2D eigenvalue weighted by Crippen LogP contribution is 2.42. The van der Waals surface area contributed by atoms with E-state index in [-0.39, 0.29) is 23.7 Å². The van der Waals surface area contributed by atoms with Crippen LogP contribution in [0.4, 0.5) is 10.1 Å². The van der Waals surface area contributed by atoms with Crippen molar-refractivity contribution in [2.24, 2.45) is 0 Å². The van der Waals surface area contributed by atoms with Crippen LogP contribution in [-0.2, 0) is 4.79 Å². The summed E-state index contributed by atoms with van der Waals surface area (Å²) in [5.41, 5.74) is 1.74. The van der Waals surface area contributed by atoms with E-state index >= 15 is 0 Å². The number of piperidine rings is 1. The monoisotopic (exact) mass is 529 g/mol. The van der Waals surface area contributed by atoms with Crippen molar-refractivity contribution < 1.29 is 19.0 Å². The molecule has 0 bridgehead atoms. The van der Waals surface area contributed by atoms with Gasteiger partial charge in [0.15, 0.2) is 11.6 Å². The summed E-state index contributed by atoms with van der Waals surface area (Å²) in [5, 5.41) is 10.5. The molecule has 8 heteroatoms. The second-order valence-electron chi connectivity index (χ2n) is 9.69. The van der Waals surface area contributed by atoms with Crippen molar-refractivity contribution in [2.75, 3.05) is 12.0 Å². The number of hydrogen-bond donors (Lipinski definition) is 1. The summed E-state index contributed by atoms with van der Waals surface area (Å²) in [6.45, 7) is 1.90. The van der Waals surface area contributed by atoms with Crippen molar-refractivity contribution in [1.29, 1.82) is 0 Å². The third-order valence-corrected chi connectivity index (χ3v) is 7.73. The van der Waals surface area contributed by atoms with Gasteiger partial charge in [-0.15, -0.1) is 0 Å². The Balaban J connectivity index is 1.63. The molecule has 2 heterocycles. The number of amides is 1. The highest BCUT2D eigenvalue weighted by atomic mass is 79.9. The molecule has 0 unspecified atom stereocenters. The molecule has 6 nitrogen and oxygen atoms in total. The zero-order chi connectivity index (χ0) is 24.0. The van der Waals surface area contributed by atoms with E-state index in [1.54, 1.807) is 17.0 Å². The average molecular weight is 530 g/mol. The number of imidazole rings is 1. The SMILES string of the molecule is COc1ccc(N2C(=O)CCC[C@H]2c2nc3cc(Br)ccc3n2C2CCC(C)(O)CC2)cc1F. The summed E-state index contributed by atoms with van der Waals surface area (Å²) in [6.07, 6.45) is 5.01. The summed E-state index contributed by atoms with van der Waals surface area (Å²) in [5.74, 6) is 0.441. The minimum absolute atomic E-state index is 0.0350. The maximum Gasteiger partial charge on any atom is 0.227 e. The number of carbonyl (C=O) groups excluding carboxylic acids is 1. The number of fused-ring (bicyclic) bond motifs is 1.